The molecule has 31 heavy (non-hydrogen) atoms. The minimum absolute atomic E-state index is 0.00293. The molecule has 1 aliphatic rings. The van der Waals surface area contributed by atoms with E-state index in [0.717, 1.165) is 17.6 Å². The van der Waals surface area contributed by atoms with Crippen LogP contribution in [-0.2, 0) is 17.5 Å². The Kier molecular flexibility index (Phi) is 6.98. The fourth-order valence-corrected chi connectivity index (χ4v) is 3.70. The van der Waals surface area contributed by atoms with E-state index in [9.17, 15) is 18.0 Å². The zero-order valence-corrected chi connectivity index (χ0v) is 18.2. The van der Waals surface area contributed by atoms with Gasteiger partial charge in [-0.2, -0.15) is 13.2 Å². The van der Waals surface area contributed by atoms with Crippen molar-refractivity contribution in [2.75, 3.05) is 18.0 Å². The van der Waals surface area contributed by atoms with Gasteiger partial charge in [0.05, 0.1) is 17.7 Å². The fraction of sp³-hybridized carbons (Fsp3) is 0.450. The number of hydrogen-bond donors (Lipinski definition) is 0. The molecule has 6 nitrogen and oxygen atoms in total. The number of aromatic nitrogens is 2. The minimum Gasteiger partial charge on any atom is -0.447 e. The highest BCUT2D eigenvalue weighted by molar-refractivity contribution is 6.31. The van der Waals surface area contributed by atoms with Crippen LogP contribution in [0.2, 0.25) is 5.02 Å². The van der Waals surface area contributed by atoms with Crippen molar-refractivity contribution in [3.63, 3.8) is 0 Å². The second-order valence-electron chi connectivity index (χ2n) is 7.86. The molecule has 0 aliphatic carbocycles. The Hall–Kier alpha value is -2.49. The highest BCUT2D eigenvalue weighted by Gasteiger charge is 2.34. The number of ether oxygens (including phenoxy) is 1. The van der Waals surface area contributed by atoms with Gasteiger partial charge in [-0.25, -0.2) is 14.8 Å². The first-order chi connectivity index (χ1) is 14.5. The Balaban J connectivity index is 1.88. The summed E-state index contributed by atoms with van der Waals surface area (Å²) in [6, 6.07) is 3.29. The van der Waals surface area contributed by atoms with E-state index in [1.54, 1.807) is 31.1 Å². The average molecular weight is 455 g/mol. The number of carbonyl (C=O) groups excluding carboxylic acids is 1. The van der Waals surface area contributed by atoms with E-state index in [1.165, 1.54) is 6.07 Å². The van der Waals surface area contributed by atoms with Crippen LogP contribution in [0.3, 0.4) is 0 Å². The predicted molar refractivity (Wildman–Crippen MR) is 114 cm³/mol. The number of anilines is 1. The van der Waals surface area contributed by atoms with E-state index in [0.29, 0.717) is 31.0 Å². The summed E-state index contributed by atoms with van der Waals surface area (Å²) in [5.41, 5.74) is 0.430. The lowest BCUT2D eigenvalue weighted by Crippen LogP contribution is -2.40. The number of rotatable bonds is 5. The summed E-state index contributed by atoms with van der Waals surface area (Å²) in [4.78, 5) is 24.4. The monoisotopic (exact) mass is 454 g/mol. The summed E-state index contributed by atoms with van der Waals surface area (Å²) in [6.07, 6.45) is -1.26. The summed E-state index contributed by atoms with van der Waals surface area (Å²) < 4.78 is 45.0. The third kappa shape index (κ3) is 6.03. The Morgan fingerprint density at radius 3 is 2.61 bits per heavy atom. The maximum absolute atomic E-state index is 13.2. The molecular formula is C20H23BClF3N4O2. The summed E-state index contributed by atoms with van der Waals surface area (Å²) >= 11 is 5.96. The predicted octanol–water partition coefficient (Wildman–Crippen LogP) is 3.03. The maximum Gasteiger partial charge on any atom is 0.416 e. The molecule has 3 rings (SSSR count). The molecule has 1 aliphatic heterocycles. The number of hydrogen-bond acceptors (Lipinski definition) is 5. The number of halogens is 4. The van der Waals surface area contributed by atoms with Crippen molar-refractivity contribution in [2.45, 2.75) is 45.1 Å². The number of likely N-dealkylation sites (tertiary alicyclic amines) is 1. The smallest absolute Gasteiger partial charge is 0.416 e. The molecule has 11 heteroatoms. The number of amides is 1. The zero-order chi connectivity index (χ0) is 22.8. The molecule has 0 spiro atoms. The first-order valence-electron chi connectivity index (χ1n) is 9.90. The van der Waals surface area contributed by atoms with Crippen LogP contribution in [0, 0.1) is 0 Å². The third-order valence-corrected chi connectivity index (χ3v) is 5.08. The van der Waals surface area contributed by atoms with Crippen LogP contribution in [0.15, 0.2) is 30.6 Å². The van der Waals surface area contributed by atoms with Crippen LogP contribution >= 0.6 is 11.6 Å². The molecule has 2 aromatic rings. The van der Waals surface area contributed by atoms with Crippen molar-refractivity contribution in [3.05, 3.63) is 46.7 Å². The average Bonchev–Trinajstić information content (AvgIpc) is 3.15. The van der Waals surface area contributed by atoms with Gasteiger partial charge in [-0.3, -0.25) is 0 Å². The van der Waals surface area contributed by atoms with Crippen molar-refractivity contribution < 1.29 is 22.7 Å². The fourth-order valence-electron chi connectivity index (χ4n) is 3.44. The lowest BCUT2D eigenvalue weighted by atomic mass is 10.0. The molecule has 0 radical (unpaired) electrons. The molecule has 1 fully saturated rings. The van der Waals surface area contributed by atoms with Crippen LogP contribution in [0.4, 0.5) is 23.9 Å². The molecule has 1 aromatic heterocycles. The van der Waals surface area contributed by atoms with E-state index < -0.39 is 17.8 Å². The first kappa shape index (κ1) is 23.2. The largest absolute Gasteiger partial charge is 0.447 e. The lowest BCUT2D eigenvalue weighted by molar-refractivity contribution is -0.137. The van der Waals surface area contributed by atoms with Gasteiger partial charge in [0.2, 0.25) is 5.95 Å². The van der Waals surface area contributed by atoms with E-state index in [2.05, 4.69) is 9.97 Å². The number of nitrogens with zero attached hydrogens (tertiary/aromatic N) is 4. The van der Waals surface area contributed by atoms with Crippen LogP contribution in [0.25, 0.3) is 0 Å². The molecule has 0 N–H and O–H groups in total. The second kappa shape index (κ2) is 9.34. The van der Waals surface area contributed by atoms with Gasteiger partial charge in [0.1, 0.15) is 7.85 Å². The molecule has 166 valence electrons. The topological polar surface area (TPSA) is 58.6 Å². The van der Waals surface area contributed by atoms with Crippen molar-refractivity contribution in [1.29, 1.82) is 0 Å². The number of carbonyl (C=O) groups is 1. The Morgan fingerprint density at radius 2 is 2.00 bits per heavy atom. The van der Waals surface area contributed by atoms with Crippen LogP contribution in [0.1, 0.15) is 31.4 Å². The second-order valence-corrected chi connectivity index (χ2v) is 8.29. The molecule has 1 aromatic carbocycles. The van der Waals surface area contributed by atoms with E-state index in [4.69, 9.17) is 16.3 Å². The summed E-state index contributed by atoms with van der Waals surface area (Å²) in [5, 5.41) is 0.00293. The van der Waals surface area contributed by atoms with Crippen molar-refractivity contribution >= 4 is 37.0 Å². The summed E-state index contributed by atoms with van der Waals surface area (Å²) in [7, 11) is 1.85. The van der Waals surface area contributed by atoms with Gasteiger partial charge in [0.25, 0.3) is 0 Å². The van der Waals surface area contributed by atoms with Gasteiger partial charge < -0.3 is 14.5 Å². The highest BCUT2D eigenvalue weighted by atomic mass is 35.5. The van der Waals surface area contributed by atoms with Gasteiger partial charge >= 0.3 is 12.3 Å². The van der Waals surface area contributed by atoms with Gasteiger partial charge in [0.15, 0.2) is 0 Å². The van der Waals surface area contributed by atoms with E-state index in [1.807, 2.05) is 12.7 Å². The van der Waals surface area contributed by atoms with Crippen LogP contribution in [0.5, 0.6) is 0 Å². The van der Waals surface area contributed by atoms with E-state index >= 15 is 0 Å². The zero-order valence-electron chi connectivity index (χ0n) is 17.5. The molecule has 1 amide bonds. The van der Waals surface area contributed by atoms with Crippen molar-refractivity contribution in [2.24, 2.45) is 0 Å². The summed E-state index contributed by atoms with van der Waals surface area (Å²) in [6.45, 7) is 4.49. The SMILES string of the molecule is Bc1cnc(N(Cc2cc(Cl)cc(C(F)(F)F)c2)[C@H]2CCN(C(=O)OC(C)C)C2)nc1. The molecule has 0 bridgehead atoms. The van der Waals surface area contributed by atoms with Crippen LogP contribution < -0.4 is 10.4 Å². The van der Waals surface area contributed by atoms with Gasteiger partial charge in [0, 0.05) is 37.1 Å². The maximum atomic E-state index is 13.2. The quantitative estimate of drug-likeness (QED) is 0.650. The Morgan fingerprint density at radius 1 is 1.32 bits per heavy atom. The molecule has 0 unspecified atom stereocenters. The molecule has 1 atom stereocenters. The minimum atomic E-state index is -4.50. The van der Waals surface area contributed by atoms with Gasteiger partial charge in [-0.15, -0.1) is 0 Å². The lowest BCUT2D eigenvalue weighted by Gasteiger charge is -2.29. The van der Waals surface area contributed by atoms with Gasteiger partial charge in [-0.1, -0.05) is 17.1 Å². The van der Waals surface area contributed by atoms with Crippen molar-refractivity contribution in [1.82, 2.24) is 14.9 Å². The number of alkyl halides is 3. The standard InChI is InChI=1S/C20H23BClF3N4O2/c1-12(2)31-19(30)28-4-3-17(11-28)29(18-26-8-15(21)9-27-18)10-13-5-14(20(23,24)25)7-16(22)6-13/h5-9,12,17H,3-4,10-11,21H2,1-2H3/t17-/m0/s1. The Labute approximate surface area is 184 Å². The third-order valence-electron chi connectivity index (χ3n) is 4.86. The molecule has 0 saturated carbocycles. The van der Waals surface area contributed by atoms with Crippen LogP contribution in [-0.4, -0.2) is 54.0 Å². The molecule has 1 saturated heterocycles. The number of benzene rings is 1. The highest BCUT2D eigenvalue weighted by Crippen LogP contribution is 2.33. The Bertz CT molecular complexity index is 928. The van der Waals surface area contributed by atoms with Gasteiger partial charge in [-0.05, 0) is 44.0 Å². The van der Waals surface area contributed by atoms with Crippen molar-refractivity contribution in [3.8, 4) is 0 Å². The molecule has 2 heterocycles. The first-order valence-corrected chi connectivity index (χ1v) is 10.3. The van der Waals surface area contributed by atoms with E-state index in [-0.39, 0.29) is 23.7 Å². The normalized spacial score (nSPS) is 16.6. The summed E-state index contributed by atoms with van der Waals surface area (Å²) in [5.74, 6) is 0.378. The molecular weight excluding hydrogens is 432 g/mol.